The minimum Gasteiger partial charge on any atom is -0.439 e. The number of nitrogens with two attached hydrogens (primary N) is 1. The smallest absolute Gasteiger partial charge is 0.405 e. The highest BCUT2D eigenvalue weighted by Gasteiger charge is 2.33. The maximum absolute atomic E-state index is 13.5. The summed E-state index contributed by atoms with van der Waals surface area (Å²) in [4.78, 5) is 51.2. The Morgan fingerprint density at radius 3 is 2.39 bits per heavy atom. The molecule has 1 aliphatic carbocycles. The second-order valence-electron chi connectivity index (χ2n) is 10.8. The lowest BCUT2D eigenvalue weighted by Crippen LogP contribution is -2.38. The molecule has 0 aromatic carbocycles. The molecule has 6 atom stereocenters. The largest absolute Gasteiger partial charge is 0.439 e. The summed E-state index contributed by atoms with van der Waals surface area (Å²) in [5.74, 6) is -1.91. The zero-order chi connectivity index (χ0) is 30.9. The van der Waals surface area contributed by atoms with Crippen LogP contribution < -0.4 is 16.4 Å². The third-order valence-corrected chi connectivity index (χ3v) is 7.47. The summed E-state index contributed by atoms with van der Waals surface area (Å²) in [6, 6.07) is 0. The fraction of sp³-hybridized carbons (Fsp3) is 0.600. The van der Waals surface area contributed by atoms with Crippen molar-refractivity contribution in [3.63, 3.8) is 0 Å². The van der Waals surface area contributed by atoms with Crippen LogP contribution >= 0.6 is 0 Å². The van der Waals surface area contributed by atoms with Gasteiger partial charge in [-0.3, -0.25) is 14.4 Å². The SMILES string of the molecule is CCNC1=C2CC(C)CC(OC)C(O)C(C)/C=C(/C)C(OC(N)=O)C(OC)CC/C=C(/C)C(=O)NC(=CC1=O)C2=O. The van der Waals surface area contributed by atoms with E-state index in [9.17, 15) is 24.3 Å². The van der Waals surface area contributed by atoms with Crippen molar-refractivity contribution in [2.24, 2.45) is 17.6 Å². The first-order valence-electron chi connectivity index (χ1n) is 14.0. The number of nitrogens with one attached hydrogen (secondary N) is 2. The van der Waals surface area contributed by atoms with Crippen LogP contribution in [0.4, 0.5) is 4.79 Å². The lowest BCUT2D eigenvalue weighted by atomic mass is 9.85. The number of amides is 2. The molecule has 0 fully saturated rings. The van der Waals surface area contributed by atoms with Gasteiger partial charge in [-0.15, -0.1) is 0 Å². The summed E-state index contributed by atoms with van der Waals surface area (Å²) in [6.07, 6.45) is 2.10. The van der Waals surface area contributed by atoms with E-state index in [1.165, 1.54) is 14.2 Å². The predicted octanol–water partition coefficient (Wildman–Crippen LogP) is 2.60. The van der Waals surface area contributed by atoms with Gasteiger partial charge in [-0.1, -0.05) is 26.0 Å². The number of ketones is 2. The average molecular weight is 576 g/mol. The number of rotatable bonds is 5. The summed E-state index contributed by atoms with van der Waals surface area (Å²) < 4.78 is 16.7. The van der Waals surface area contributed by atoms with Crippen LogP contribution in [0.15, 0.2) is 46.3 Å². The van der Waals surface area contributed by atoms with Crippen LogP contribution in [-0.2, 0) is 28.6 Å². The Bertz CT molecular complexity index is 1120. The highest BCUT2D eigenvalue weighted by atomic mass is 16.6. The normalized spacial score (nSPS) is 31.8. The third kappa shape index (κ3) is 9.11. The number of primary amides is 1. The molecule has 2 bridgehead atoms. The number of hydrogen-bond acceptors (Lipinski definition) is 9. The number of aliphatic hydroxyl groups is 1. The molecule has 0 saturated heterocycles. The molecule has 0 spiro atoms. The molecule has 41 heavy (non-hydrogen) atoms. The van der Waals surface area contributed by atoms with Crippen molar-refractivity contribution in [1.29, 1.82) is 0 Å². The highest BCUT2D eigenvalue weighted by molar-refractivity contribution is 6.23. The molecule has 2 aliphatic rings. The average Bonchev–Trinajstić information content (AvgIpc) is 2.92. The van der Waals surface area contributed by atoms with Crippen molar-refractivity contribution in [3.05, 3.63) is 46.3 Å². The second kappa shape index (κ2) is 15.6. The summed E-state index contributed by atoms with van der Waals surface area (Å²) in [5, 5.41) is 16.8. The standard InChI is InChI=1S/C30H45N3O8/c1-8-32-25-20-12-16(2)13-24(40-7)26(35)18(4)14-19(5)28(41-30(31)38)23(39-6)11-9-10-17(3)29(37)33-21(27(20)36)15-22(25)34/h10,14-16,18,23-24,26,28,32,35H,8-9,11-13H2,1-7H3,(H2,31,38)(H,33,37)/b17-10-,19-14-. The van der Waals surface area contributed by atoms with E-state index in [1.807, 2.05) is 20.8 Å². The molecule has 2 amide bonds. The van der Waals surface area contributed by atoms with Crippen LogP contribution in [-0.4, -0.2) is 73.9 Å². The van der Waals surface area contributed by atoms with Crippen molar-refractivity contribution in [2.75, 3.05) is 20.8 Å². The number of ether oxygens (including phenoxy) is 3. The quantitative estimate of drug-likeness (QED) is 0.285. The Hall–Kier alpha value is -3.28. The van der Waals surface area contributed by atoms with E-state index >= 15 is 0 Å². The summed E-state index contributed by atoms with van der Waals surface area (Å²) in [6.45, 7) is 9.38. The molecule has 2 rings (SSSR count). The lowest BCUT2D eigenvalue weighted by molar-refractivity contribution is -0.120. The van der Waals surface area contributed by atoms with Gasteiger partial charge in [0.05, 0.1) is 29.7 Å². The van der Waals surface area contributed by atoms with Gasteiger partial charge in [0, 0.05) is 43.9 Å². The topological polar surface area (TPSA) is 166 Å². The molecule has 5 N–H and O–H groups in total. The van der Waals surface area contributed by atoms with E-state index in [1.54, 1.807) is 26.0 Å². The van der Waals surface area contributed by atoms with Gasteiger partial charge in [-0.05, 0) is 57.9 Å². The molecular formula is C30H45N3O8. The monoisotopic (exact) mass is 575 g/mol. The molecule has 1 aliphatic heterocycles. The Labute approximate surface area is 242 Å². The number of carbonyl (C=O) groups is 4. The zero-order valence-corrected chi connectivity index (χ0v) is 25.1. The first-order chi connectivity index (χ1) is 19.3. The minimum atomic E-state index is -0.962. The van der Waals surface area contributed by atoms with Gasteiger partial charge in [0.2, 0.25) is 11.6 Å². The summed E-state index contributed by atoms with van der Waals surface area (Å²) >= 11 is 0. The number of Topliss-reactive ketones (excluding diaryl/α,β-unsaturated/α-hetero) is 1. The van der Waals surface area contributed by atoms with E-state index in [0.29, 0.717) is 37.0 Å². The lowest BCUT2D eigenvalue weighted by Gasteiger charge is -2.30. The van der Waals surface area contributed by atoms with E-state index in [2.05, 4.69) is 10.6 Å². The van der Waals surface area contributed by atoms with Crippen molar-refractivity contribution in [2.45, 2.75) is 84.7 Å². The molecule has 11 heteroatoms. The Morgan fingerprint density at radius 1 is 1.15 bits per heavy atom. The molecule has 6 unspecified atom stereocenters. The molecule has 0 aromatic heterocycles. The van der Waals surface area contributed by atoms with Crippen LogP contribution in [0, 0.1) is 11.8 Å². The maximum atomic E-state index is 13.5. The van der Waals surface area contributed by atoms with Gasteiger partial charge in [-0.2, -0.15) is 0 Å². The molecule has 228 valence electrons. The van der Waals surface area contributed by atoms with Crippen LogP contribution in [0.2, 0.25) is 0 Å². The molecule has 0 saturated carbocycles. The number of aliphatic hydroxyl groups excluding tert-OH is 1. The first kappa shape index (κ1) is 33.9. The van der Waals surface area contributed by atoms with Crippen LogP contribution in [0.25, 0.3) is 0 Å². The number of carbonyl (C=O) groups excluding carboxylic acids is 4. The Kier molecular flexibility index (Phi) is 12.9. The number of allylic oxidation sites excluding steroid dienone is 3. The number of methoxy groups -OCH3 is 2. The van der Waals surface area contributed by atoms with Gasteiger partial charge in [-0.25, -0.2) is 4.79 Å². The molecule has 0 aromatic rings. The Morgan fingerprint density at radius 2 is 1.80 bits per heavy atom. The Balaban J connectivity index is 2.56. The van der Waals surface area contributed by atoms with Crippen LogP contribution in [0.3, 0.4) is 0 Å². The number of fused-ring (bicyclic) bond motifs is 2. The highest BCUT2D eigenvalue weighted by Crippen LogP contribution is 2.29. The third-order valence-electron chi connectivity index (χ3n) is 7.47. The fourth-order valence-electron chi connectivity index (χ4n) is 5.26. The van der Waals surface area contributed by atoms with Gasteiger partial charge in [0.25, 0.3) is 5.91 Å². The molecule has 11 nitrogen and oxygen atoms in total. The van der Waals surface area contributed by atoms with E-state index in [4.69, 9.17) is 19.9 Å². The van der Waals surface area contributed by atoms with Crippen molar-refractivity contribution >= 4 is 23.6 Å². The van der Waals surface area contributed by atoms with E-state index in [0.717, 1.165) is 6.08 Å². The minimum absolute atomic E-state index is 0.0871. The van der Waals surface area contributed by atoms with E-state index in [-0.39, 0.29) is 29.3 Å². The first-order valence-corrected chi connectivity index (χ1v) is 14.0. The number of hydrogen-bond donors (Lipinski definition) is 4. The zero-order valence-electron chi connectivity index (χ0n) is 25.1. The van der Waals surface area contributed by atoms with Crippen molar-refractivity contribution in [1.82, 2.24) is 10.6 Å². The summed E-state index contributed by atoms with van der Waals surface area (Å²) in [5.41, 5.74) is 6.76. The second-order valence-corrected chi connectivity index (χ2v) is 10.8. The molecule has 1 heterocycles. The van der Waals surface area contributed by atoms with Gasteiger partial charge in [0.15, 0.2) is 6.10 Å². The van der Waals surface area contributed by atoms with E-state index < -0.39 is 53.9 Å². The van der Waals surface area contributed by atoms with Crippen molar-refractivity contribution in [3.8, 4) is 0 Å². The summed E-state index contributed by atoms with van der Waals surface area (Å²) in [7, 11) is 2.99. The van der Waals surface area contributed by atoms with Gasteiger partial charge in [0.1, 0.15) is 0 Å². The van der Waals surface area contributed by atoms with Crippen molar-refractivity contribution < 1.29 is 38.5 Å². The maximum Gasteiger partial charge on any atom is 0.405 e. The predicted molar refractivity (Wildman–Crippen MR) is 153 cm³/mol. The number of likely N-dealkylation sites (N-methyl/N-ethyl adjacent to an activating group) is 1. The fourth-order valence-corrected chi connectivity index (χ4v) is 5.26. The van der Waals surface area contributed by atoms with Gasteiger partial charge < -0.3 is 35.7 Å². The molecular weight excluding hydrogens is 530 g/mol. The van der Waals surface area contributed by atoms with Crippen LogP contribution in [0.5, 0.6) is 0 Å². The van der Waals surface area contributed by atoms with Gasteiger partial charge >= 0.3 is 6.09 Å². The molecule has 0 radical (unpaired) electrons. The van der Waals surface area contributed by atoms with Crippen LogP contribution in [0.1, 0.15) is 60.3 Å².